The number of aryl methyl sites for hydroxylation is 2. The van der Waals surface area contributed by atoms with Gasteiger partial charge >= 0.3 is 0 Å². The van der Waals surface area contributed by atoms with Crippen LogP contribution in [0.5, 0.6) is 0 Å². The maximum atomic E-state index is 12.8. The number of sulfonamides is 1. The fourth-order valence-electron chi connectivity index (χ4n) is 3.06. The highest BCUT2D eigenvalue weighted by atomic mass is 79.9. The molecule has 1 aliphatic rings. The van der Waals surface area contributed by atoms with Crippen molar-refractivity contribution in [3.8, 4) is 0 Å². The van der Waals surface area contributed by atoms with Crippen LogP contribution in [0.25, 0.3) is 0 Å². The summed E-state index contributed by atoms with van der Waals surface area (Å²) >= 11 is 3.43. The second kappa shape index (κ2) is 7.54. The molecule has 0 radical (unpaired) electrons. The molecule has 140 valence electrons. The first-order valence-electron chi connectivity index (χ1n) is 8.53. The monoisotopic (exact) mass is 439 g/mol. The van der Waals surface area contributed by atoms with E-state index in [2.05, 4.69) is 21.2 Å². The molecular formula is C18H22BrN3O3S. The Bertz CT molecular complexity index is 931. The quantitative estimate of drug-likeness (QED) is 0.791. The lowest BCUT2D eigenvalue weighted by atomic mass is 10.2. The Kier molecular flexibility index (Phi) is 5.55. The summed E-state index contributed by atoms with van der Waals surface area (Å²) in [7, 11) is -1.89. The van der Waals surface area contributed by atoms with Crippen molar-refractivity contribution in [1.29, 1.82) is 0 Å². The van der Waals surface area contributed by atoms with Crippen molar-refractivity contribution in [3.63, 3.8) is 0 Å². The van der Waals surface area contributed by atoms with Gasteiger partial charge < -0.3 is 9.88 Å². The van der Waals surface area contributed by atoms with E-state index >= 15 is 0 Å². The van der Waals surface area contributed by atoms with E-state index in [1.165, 1.54) is 16.6 Å². The molecule has 26 heavy (non-hydrogen) atoms. The van der Waals surface area contributed by atoms with Gasteiger partial charge in [-0.2, -0.15) is 4.31 Å². The minimum absolute atomic E-state index is 0.162. The molecule has 2 heterocycles. The highest BCUT2D eigenvalue weighted by Crippen LogP contribution is 2.25. The molecule has 1 aliphatic heterocycles. The number of halogens is 1. The topological polar surface area (TPSA) is 71.4 Å². The Balaban J connectivity index is 1.84. The summed E-state index contributed by atoms with van der Waals surface area (Å²) in [5.74, 6) is -0.350. The Morgan fingerprint density at radius 3 is 2.50 bits per heavy atom. The molecule has 1 aromatic heterocycles. The second-order valence-corrected chi connectivity index (χ2v) is 9.37. The van der Waals surface area contributed by atoms with E-state index in [-0.39, 0.29) is 10.8 Å². The van der Waals surface area contributed by atoms with Gasteiger partial charge in [-0.3, -0.25) is 4.79 Å². The molecule has 2 aromatic rings. The third-order valence-corrected chi connectivity index (χ3v) is 7.06. The molecule has 0 spiro atoms. The summed E-state index contributed by atoms with van der Waals surface area (Å²) < 4.78 is 29.4. The maximum absolute atomic E-state index is 12.8. The molecule has 0 saturated carbocycles. The molecule has 0 bridgehead atoms. The number of amides is 1. The van der Waals surface area contributed by atoms with Crippen LogP contribution in [0.4, 0.5) is 5.69 Å². The fourth-order valence-corrected chi connectivity index (χ4v) is 5.24. The van der Waals surface area contributed by atoms with Crippen LogP contribution in [0, 0.1) is 6.92 Å². The van der Waals surface area contributed by atoms with Crippen LogP contribution in [0.3, 0.4) is 0 Å². The summed E-state index contributed by atoms with van der Waals surface area (Å²) in [6.45, 7) is 3.04. The number of anilines is 1. The third kappa shape index (κ3) is 3.87. The number of carbonyl (C=O) groups excluding carboxylic acids is 1. The predicted molar refractivity (Wildman–Crippen MR) is 105 cm³/mol. The number of benzene rings is 1. The van der Waals surface area contributed by atoms with Crippen molar-refractivity contribution < 1.29 is 13.2 Å². The zero-order valence-corrected chi connectivity index (χ0v) is 17.2. The standard InChI is InChI=1S/C18H22BrN3O3S/c1-13-6-7-16(15(19)10-13)20-18(23)17-11-14(12-21(17)2)26(24,25)22-8-4-3-5-9-22/h6-7,10-12H,3-5,8-9H2,1-2H3,(H,20,23). The van der Waals surface area contributed by atoms with Gasteiger partial charge in [-0.15, -0.1) is 0 Å². The predicted octanol–water partition coefficient (Wildman–Crippen LogP) is 3.52. The summed E-state index contributed by atoms with van der Waals surface area (Å²) in [5.41, 5.74) is 2.01. The van der Waals surface area contributed by atoms with Crippen LogP contribution in [0.1, 0.15) is 35.3 Å². The fraction of sp³-hybridized carbons (Fsp3) is 0.389. The van der Waals surface area contributed by atoms with Gasteiger partial charge in [-0.05, 0) is 59.5 Å². The van der Waals surface area contributed by atoms with Gasteiger partial charge in [0, 0.05) is 30.8 Å². The summed E-state index contributed by atoms with van der Waals surface area (Å²) in [6.07, 6.45) is 4.31. The Labute approximate surface area is 162 Å². The van der Waals surface area contributed by atoms with Crippen molar-refractivity contribution >= 4 is 37.5 Å². The van der Waals surface area contributed by atoms with Gasteiger partial charge in [0.1, 0.15) is 10.6 Å². The number of hydrogen-bond donors (Lipinski definition) is 1. The van der Waals surface area contributed by atoms with Gasteiger partial charge in [0.05, 0.1) is 5.69 Å². The van der Waals surface area contributed by atoms with Gasteiger partial charge in [0.2, 0.25) is 10.0 Å². The van der Waals surface area contributed by atoms with Gasteiger partial charge in [0.15, 0.2) is 0 Å². The highest BCUT2D eigenvalue weighted by molar-refractivity contribution is 9.10. The van der Waals surface area contributed by atoms with Crippen molar-refractivity contribution in [2.75, 3.05) is 18.4 Å². The van der Waals surface area contributed by atoms with E-state index in [1.807, 2.05) is 25.1 Å². The highest BCUT2D eigenvalue weighted by Gasteiger charge is 2.28. The molecule has 0 aliphatic carbocycles. The molecule has 8 heteroatoms. The van der Waals surface area contributed by atoms with Gasteiger partial charge in [0.25, 0.3) is 5.91 Å². The number of nitrogens with one attached hydrogen (secondary N) is 1. The number of piperidine rings is 1. The van der Waals surface area contributed by atoms with Crippen molar-refractivity contribution in [2.45, 2.75) is 31.1 Å². The van der Waals surface area contributed by atoms with Gasteiger partial charge in [-0.1, -0.05) is 12.5 Å². The Morgan fingerprint density at radius 1 is 1.15 bits per heavy atom. The zero-order chi connectivity index (χ0) is 18.9. The molecule has 1 fully saturated rings. The molecule has 1 aromatic carbocycles. The molecule has 1 amide bonds. The molecule has 1 N–H and O–H groups in total. The third-order valence-electron chi connectivity index (χ3n) is 4.54. The summed E-state index contributed by atoms with van der Waals surface area (Å²) in [4.78, 5) is 12.8. The number of hydrogen-bond acceptors (Lipinski definition) is 3. The number of carbonyl (C=O) groups is 1. The minimum atomic E-state index is -3.56. The second-order valence-electron chi connectivity index (χ2n) is 6.57. The largest absolute Gasteiger partial charge is 0.345 e. The molecular weight excluding hydrogens is 418 g/mol. The molecule has 6 nitrogen and oxygen atoms in total. The van der Waals surface area contributed by atoms with Crippen LogP contribution < -0.4 is 5.32 Å². The number of nitrogens with zero attached hydrogens (tertiary/aromatic N) is 2. The van der Waals surface area contributed by atoms with Crippen LogP contribution in [-0.4, -0.2) is 36.3 Å². The minimum Gasteiger partial charge on any atom is -0.345 e. The lowest BCUT2D eigenvalue weighted by Gasteiger charge is -2.25. The van der Waals surface area contributed by atoms with Crippen LogP contribution in [0.15, 0.2) is 39.8 Å². The lowest BCUT2D eigenvalue weighted by Crippen LogP contribution is -2.35. The van der Waals surface area contributed by atoms with Crippen molar-refractivity contribution in [1.82, 2.24) is 8.87 Å². The number of aromatic nitrogens is 1. The van der Waals surface area contributed by atoms with E-state index in [0.717, 1.165) is 29.3 Å². The van der Waals surface area contributed by atoms with E-state index < -0.39 is 10.0 Å². The van der Waals surface area contributed by atoms with E-state index in [4.69, 9.17) is 0 Å². The van der Waals surface area contributed by atoms with E-state index in [1.54, 1.807) is 11.6 Å². The first kappa shape index (κ1) is 19.1. The van der Waals surface area contributed by atoms with E-state index in [9.17, 15) is 13.2 Å². The van der Waals surface area contributed by atoms with Crippen LogP contribution in [0.2, 0.25) is 0 Å². The molecule has 0 atom stereocenters. The van der Waals surface area contributed by atoms with Crippen molar-refractivity contribution in [2.24, 2.45) is 7.05 Å². The smallest absolute Gasteiger partial charge is 0.272 e. The first-order valence-corrected chi connectivity index (χ1v) is 10.8. The maximum Gasteiger partial charge on any atom is 0.272 e. The average molecular weight is 440 g/mol. The first-order chi connectivity index (χ1) is 12.3. The van der Waals surface area contributed by atoms with Gasteiger partial charge in [-0.25, -0.2) is 8.42 Å². The van der Waals surface area contributed by atoms with E-state index in [0.29, 0.717) is 24.5 Å². The SMILES string of the molecule is Cc1ccc(NC(=O)c2cc(S(=O)(=O)N3CCCCC3)cn2C)c(Br)c1. The normalized spacial score (nSPS) is 15.8. The molecule has 0 unspecified atom stereocenters. The molecule has 3 rings (SSSR count). The average Bonchev–Trinajstić information content (AvgIpc) is 3.01. The molecule has 1 saturated heterocycles. The van der Waals surface area contributed by atoms with Crippen LogP contribution >= 0.6 is 15.9 Å². The Morgan fingerprint density at radius 2 is 1.85 bits per heavy atom. The van der Waals surface area contributed by atoms with Crippen LogP contribution in [-0.2, 0) is 17.1 Å². The van der Waals surface area contributed by atoms with Crippen molar-refractivity contribution in [3.05, 3.63) is 46.2 Å². The zero-order valence-electron chi connectivity index (χ0n) is 14.8. The summed E-state index contributed by atoms with van der Waals surface area (Å²) in [5, 5.41) is 2.82. The lowest BCUT2D eigenvalue weighted by molar-refractivity contribution is 0.101. The Hall–Kier alpha value is -1.64. The number of rotatable bonds is 4. The summed E-state index contributed by atoms with van der Waals surface area (Å²) in [6, 6.07) is 7.07.